The Hall–Kier alpha value is -2.30. The molecule has 1 heterocycles. The third-order valence-corrected chi connectivity index (χ3v) is 3.12. The van der Waals surface area contributed by atoms with Gasteiger partial charge in [-0.1, -0.05) is 0 Å². The van der Waals surface area contributed by atoms with Crippen LogP contribution in [0.25, 0.3) is 10.9 Å². The molecule has 19 heavy (non-hydrogen) atoms. The second kappa shape index (κ2) is 4.76. The van der Waals surface area contributed by atoms with Crippen molar-refractivity contribution in [3.8, 4) is 5.75 Å². The van der Waals surface area contributed by atoms with Crippen LogP contribution in [0.3, 0.4) is 0 Å². The number of rotatable bonds is 3. The van der Waals surface area contributed by atoms with Crippen molar-refractivity contribution in [2.24, 2.45) is 7.05 Å². The topological polar surface area (TPSA) is 68.5 Å². The molecule has 0 saturated carbocycles. The molecule has 0 radical (unpaired) electrons. The first kappa shape index (κ1) is 13.1. The molecule has 0 aliphatic carbocycles. The van der Waals surface area contributed by atoms with Gasteiger partial charge in [0.15, 0.2) is 0 Å². The molecule has 1 aromatic carbocycles. The van der Waals surface area contributed by atoms with Crippen LogP contribution in [-0.4, -0.2) is 22.2 Å². The molecular formula is C14H15NO4. The normalized spacial score (nSPS) is 10.7. The molecule has 2 rings (SSSR count). The number of ether oxygens (including phenoxy) is 1. The van der Waals surface area contributed by atoms with E-state index < -0.39 is 5.97 Å². The molecule has 5 nitrogen and oxygen atoms in total. The number of hydrogen-bond donors (Lipinski definition) is 1. The SMILES string of the molecule is CCOc1ccc2c(c1)c(C(=O)O)c(C)c(=O)n2C. The second-order valence-electron chi connectivity index (χ2n) is 4.28. The van der Waals surface area contributed by atoms with Crippen molar-refractivity contribution in [1.29, 1.82) is 0 Å². The second-order valence-corrected chi connectivity index (χ2v) is 4.28. The monoisotopic (exact) mass is 261 g/mol. The third-order valence-electron chi connectivity index (χ3n) is 3.12. The highest BCUT2D eigenvalue weighted by Crippen LogP contribution is 2.24. The van der Waals surface area contributed by atoms with E-state index in [0.717, 1.165) is 0 Å². The summed E-state index contributed by atoms with van der Waals surface area (Å²) in [5.41, 5.74) is 0.557. The molecule has 0 spiro atoms. The van der Waals surface area contributed by atoms with Crippen LogP contribution in [0.1, 0.15) is 22.8 Å². The zero-order valence-corrected chi connectivity index (χ0v) is 11.1. The van der Waals surface area contributed by atoms with Crippen molar-refractivity contribution in [3.63, 3.8) is 0 Å². The van der Waals surface area contributed by atoms with E-state index in [0.29, 0.717) is 23.3 Å². The lowest BCUT2D eigenvalue weighted by Crippen LogP contribution is -2.23. The van der Waals surface area contributed by atoms with Crippen LogP contribution >= 0.6 is 0 Å². The number of aromatic nitrogens is 1. The molecule has 0 bridgehead atoms. The lowest BCUT2D eigenvalue weighted by molar-refractivity contribution is 0.0698. The number of hydrogen-bond acceptors (Lipinski definition) is 3. The quantitative estimate of drug-likeness (QED) is 0.916. The summed E-state index contributed by atoms with van der Waals surface area (Å²) < 4.78 is 6.83. The predicted molar refractivity (Wildman–Crippen MR) is 72.1 cm³/mol. The summed E-state index contributed by atoms with van der Waals surface area (Å²) in [5.74, 6) is -0.510. The van der Waals surface area contributed by atoms with Gasteiger partial charge in [-0.25, -0.2) is 4.79 Å². The van der Waals surface area contributed by atoms with Gasteiger partial charge < -0.3 is 14.4 Å². The van der Waals surface area contributed by atoms with Gasteiger partial charge in [-0.2, -0.15) is 0 Å². The molecule has 1 aromatic heterocycles. The number of aromatic carboxylic acids is 1. The van der Waals surface area contributed by atoms with Crippen molar-refractivity contribution in [2.45, 2.75) is 13.8 Å². The Kier molecular flexibility index (Phi) is 3.29. The van der Waals surface area contributed by atoms with Crippen molar-refractivity contribution in [3.05, 3.63) is 39.7 Å². The van der Waals surface area contributed by atoms with Gasteiger partial charge in [0, 0.05) is 18.0 Å². The molecule has 100 valence electrons. The standard InChI is InChI=1S/C14H15NO4/c1-4-19-9-5-6-11-10(7-9)12(14(17)18)8(2)13(16)15(11)3/h5-7H,4H2,1-3H3,(H,17,18). The summed E-state index contributed by atoms with van der Waals surface area (Å²) in [6, 6.07) is 5.09. The van der Waals surface area contributed by atoms with Gasteiger partial charge >= 0.3 is 5.97 Å². The zero-order valence-electron chi connectivity index (χ0n) is 11.1. The Balaban J connectivity index is 2.92. The highest BCUT2D eigenvalue weighted by Gasteiger charge is 2.17. The van der Waals surface area contributed by atoms with Gasteiger partial charge in [0.2, 0.25) is 0 Å². The van der Waals surface area contributed by atoms with E-state index in [9.17, 15) is 14.7 Å². The number of carboxylic acid groups (broad SMARTS) is 1. The zero-order chi connectivity index (χ0) is 14.2. The Labute approximate surface area is 110 Å². The number of benzene rings is 1. The molecule has 0 atom stereocenters. The lowest BCUT2D eigenvalue weighted by atomic mass is 10.0. The summed E-state index contributed by atoms with van der Waals surface area (Å²) >= 11 is 0. The van der Waals surface area contributed by atoms with E-state index in [4.69, 9.17) is 4.74 Å². The fourth-order valence-electron chi connectivity index (χ4n) is 2.21. The minimum absolute atomic E-state index is 0.0413. The summed E-state index contributed by atoms with van der Waals surface area (Å²) in [6.07, 6.45) is 0. The van der Waals surface area contributed by atoms with E-state index >= 15 is 0 Å². The maximum absolute atomic E-state index is 12.0. The molecule has 5 heteroatoms. The first-order valence-electron chi connectivity index (χ1n) is 5.96. The van der Waals surface area contributed by atoms with Crippen LogP contribution < -0.4 is 10.3 Å². The van der Waals surface area contributed by atoms with E-state index in [2.05, 4.69) is 0 Å². The Morgan fingerprint density at radius 3 is 2.68 bits per heavy atom. The van der Waals surface area contributed by atoms with Crippen molar-refractivity contribution >= 4 is 16.9 Å². The minimum atomic E-state index is -1.10. The van der Waals surface area contributed by atoms with Gasteiger partial charge in [0.05, 0.1) is 17.7 Å². The Morgan fingerprint density at radius 2 is 2.11 bits per heavy atom. The average molecular weight is 261 g/mol. The Morgan fingerprint density at radius 1 is 1.42 bits per heavy atom. The molecule has 2 aromatic rings. The number of pyridine rings is 1. The van der Waals surface area contributed by atoms with Crippen molar-refractivity contribution in [1.82, 2.24) is 4.57 Å². The highest BCUT2D eigenvalue weighted by molar-refractivity contribution is 6.04. The predicted octanol–water partition coefficient (Wildman–Crippen LogP) is 1.94. The highest BCUT2D eigenvalue weighted by atomic mass is 16.5. The summed E-state index contributed by atoms with van der Waals surface area (Å²) in [5, 5.41) is 9.82. The molecule has 0 saturated heterocycles. The van der Waals surface area contributed by atoms with E-state index in [1.54, 1.807) is 25.2 Å². The molecule has 1 N–H and O–H groups in total. The van der Waals surface area contributed by atoms with Gasteiger partial charge in [-0.3, -0.25) is 4.79 Å². The van der Waals surface area contributed by atoms with Crippen LogP contribution in [0, 0.1) is 6.92 Å². The molecule has 0 aliphatic heterocycles. The molecule has 0 aliphatic rings. The number of carbonyl (C=O) groups is 1. The summed E-state index contributed by atoms with van der Waals surface area (Å²) in [7, 11) is 1.63. The smallest absolute Gasteiger partial charge is 0.336 e. The van der Waals surface area contributed by atoms with Gasteiger partial charge in [-0.05, 0) is 32.0 Å². The number of aryl methyl sites for hydroxylation is 1. The van der Waals surface area contributed by atoms with Crippen LogP contribution in [0.4, 0.5) is 0 Å². The van der Waals surface area contributed by atoms with Crippen molar-refractivity contribution in [2.75, 3.05) is 6.61 Å². The minimum Gasteiger partial charge on any atom is -0.494 e. The summed E-state index contributed by atoms with van der Waals surface area (Å²) in [6.45, 7) is 3.88. The number of carboxylic acids is 1. The van der Waals surface area contributed by atoms with Crippen LogP contribution in [0.5, 0.6) is 5.75 Å². The molecular weight excluding hydrogens is 246 g/mol. The van der Waals surface area contributed by atoms with Crippen LogP contribution in [0.2, 0.25) is 0 Å². The fraction of sp³-hybridized carbons (Fsp3) is 0.286. The van der Waals surface area contributed by atoms with Crippen LogP contribution in [-0.2, 0) is 7.05 Å². The van der Waals surface area contributed by atoms with Crippen LogP contribution in [0.15, 0.2) is 23.0 Å². The maximum Gasteiger partial charge on any atom is 0.336 e. The van der Waals surface area contributed by atoms with Crippen molar-refractivity contribution < 1.29 is 14.6 Å². The first-order valence-corrected chi connectivity index (χ1v) is 5.96. The van der Waals surface area contributed by atoms with Gasteiger partial charge in [0.1, 0.15) is 5.75 Å². The maximum atomic E-state index is 12.0. The lowest BCUT2D eigenvalue weighted by Gasteiger charge is -2.12. The molecule has 0 amide bonds. The third kappa shape index (κ3) is 2.07. The number of nitrogens with zero attached hydrogens (tertiary/aromatic N) is 1. The van der Waals surface area contributed by atoms with E-state index in [1.165, 1.54) is 11.5 Å². The average Bonchev–Trinajstić information content (AvgIpc) is 2.36. The number of fused-ring (bicyclic) bond motifs is 1. The van der Waals surface area contributed by atoms with E-state index in [-0.39, 0.29) is 16.7 Å². The first-order chi connectivity index (χ1) is 8.97. The van der Waals surface area contributed by atoms with Gasteiger partial charge in [-0.15, -0.1) is 0 Å². The molecule has 0 fully saturated rings. The summed E-state index contributed by atoms with van der Waals surface area (Å²) in [4.78, 5) is 23.4. The van der Waals surface area contributed by atoms with Gasteiger partial charge in [0.25, 0.3) is 5.56 Å². The fourth-order valence-corrected chi connectivity index (χ4v) is 2.21. The largest absolute Gasteiger partial charge is 0.494 e. The van der Waals surface area contributed by atoms with E-state index in [1.807, 2.05) is 6.92 Å². The Bertz CT molecular complexity index is 715. The molecule has 0 unspecified atom stereocenters.